The number of rotatable bonds is 3. The van der Waals surface area contributed by atoms with Gasteiger partial charge in [0.1, 0.15) is 0 Å². The highest BCUT2D eigenvalue weighted by Crippen LogP contribution is 2.35. The number of aromatic amines is 2. The van der Waals surface area contributed by atoms with Gasteiger partial charge >= 0.3 is 0 Å². The number of imidazole rings is 1. The van der Waals surface area contributed by atoms with Crippen LogP contribution in [-0.2, 0) is 17.3 Å². The van der Waals surface area contributed by atoms with Crippen LogP contribution in [0.5, 0.6) is 0 Å². The first-order valence-electron chi connectivity index (χ1n) is 9.16. The molecule has 26 heavy (non-hydrogen) atoms. The molecule has 0 fully saturated rings. The lowest BCUT2D eigenvalue weighted by atomic mass is 9.79. The molecule has 0 aliphatic carbocycles. The van der Waals surface area contributed by atoms with E-state index in [1.807, 2.05) is 6.07 Å². The third-order valence-electron chi connectivity index (χ3n) is 5.15. The number of para-hydroxylation sites is 1. The van der Waals surface area contributed by atoms with E-state index in [1.165, 1.54) is 16.5 Å². The van der Waals surface area contributed by atoms with Crippen molar-refractivity contribution in [2.24, 2.45) is 0 Å². The third kappa shape index (κ3) is 2.79. The summed E-state index contributed by atoms with van der Waals surface area (Å²) in [5, 5.41) is 9.02. The normalized spacial score (nSPS) is 13.0. The summed E-state index contributed by atoms with van der Waals surface area (Å²) in [5.41, 5.74) is 6.96. The van der Waals surface area contributed by atoms with Crippen LogP contribution in [0.25, 0.3) is 21.9 Å². The molecule has 0 aliphatic rings. The van der Waals surface area contributed by atoms with Crippen molar-refractivity contribution in [3.63, 3.8) is 0 Å². The summed E-state index contributed by atoms with van der Waals surface area (Å²) in [5.74, 6) is 0. The molecular weight excluding hydrogens is 320 g/mol. The van der Waals surface area contributed by atoms with Gasteiger partial charge in [0.05, 0.1) is 28.6 Å². The van der Waals surface area contributed by atoms with Crippen molar-refractivity contribution in [2.75, 3.05) is 0 Å². The SMILES string of the molecule is CC(C)(C)c1cc(CC(C)(C)c2n[nH]c3ccccc23)cc2[nH]cnc12. The van der Waals surface area contributed by atoms with Crippen LogP contribution in [0.2, 0.25) is 0 Å². The van der Waals surface area contributed by atoms with E-state index >= 15 is 0 Å². The van der Waals surface area contributed by atoms with Crippen molar-refractivity contribution in [3.8, 4) is 0 Å². The van der Waals surface area contributed by atoms with Crippen LogP contribution in [0.15, 0.2) is 42.7 Å². The van der Waals surface area contributed by atoms with Crippen molar-refractivity contribution in [2.45, 2.75) is 51.9 Å². The van der Waals surface area contributed by atoms with Crippen LogP contribution in [0.1, 0.15) is 51.4 Å². The number of H-pyrrole nitrogens is 2. The van der Waals surface area contributed by atoms with Crippen LogP contribution in [0, 0.1) is 0 Å². The largest absolute Gasteiger partial charge is 0.345 e. The number of nitrogens with one attached hydrogen (secondary N) is 2. The van der Waals surface area contributed by atoms with Gasteiger partial charge in [-0.2, -0.15) is 5.10 Å². The molecule has 0 aliphatic heterocycles. The Morgan fingerprint density at radius 3 is 2.50 bits per heavy atom. The van der Waals surface area contributed by atoms with E-state index in [0.29, 0.717) is 0 Å². The summed E-state index contributed by atoms with van der Waals surface area (Å²) < 4.78 is 0. The monoisotopic (exact) mass is 346 g/mol. The van der Waals surface area contributed by atoms with E-state index in [1.54, 1.807) is 6.33 Å². The van der Waals surface area contributed by atoms with E-state index < -0.39 is 0 Å². The third-order valence-corrected chi connectivity index (χ3v) is 5.15. The van der Waals surface area contributed by atoms with E-state index in [4.69, 9.17) is 0 Å². The molecule has 2 aromatic carbocycles. The Labute approximate surface area is 154 Å². The van der Waals surface area contributed by atoms with Gasteiger partial charge in [-0.3, -0.25) is 5.10 Å². The number of fused-ring (bicyclic) bond motifs is 2. The predicted molar refractivity (Wildman–Crippen MR) is 108 cm³/mol. The van der Waals surface area contributed by atoms with Crippen molar-refractivity contribution in [1.29, 1.82) is 0 Å². The number of hydrogen-bond donors (Lipinski definition) is 2. The molecular formula is C22H26N4. The minimum Gasteiger partial charge on any atom is -0.345 e. The zero-order chi connectivity index (χ0) is 18.5. The minimum absolute atomic E-state index is 0.0482. The highest BCUT2D eigenvalue weighted by molar-refractivity contribution is 5.83. The Kier molecular flexibility index (Phi) is 3.69. The first-order chi connectivity index (χ1) is 12.3. The average molecular weight is 346 g/mol. The molecule has 0 bridgehead atoms. The predicted octanol–water partition coefficient (Wildman–Crippen LogP) is 5.26. The van der Waals surface area contributed by atoms with E-state index in [-0.39, 0.29) is 10.8 Å². The van der Waals surface area contributed by atoms with E-state index in [0.717, 1.165) is 28.7 Å². The second kappa shape index (κ2) is 5.70. The molecule has 0 unspecified atom stereocenters. The standard InChI is InChI=1S/C22H26N4/c1-21(2,3)16-10-14(11-18-19(16)24-13-23-18)12-22(4,5)20-15-8-6-7-9-17(15)25-26-20/h6-11,13H,12H2,1-5H3,(H,23,24)(H,25,26). The Balaban J connectivity index is 1.79. The molecule has 4 rings (SSSR count). The van der Waals surface area contributed by atoms with Crippen LogP contribution in [0.4, 0.5) is 0 Å². The zero-order valence-corrected chi connectivity index (χ0v) is 16.1. The molecule has 134 valence electrons. The van der Waals surface area contributed by atoms with Gasteiger partial charge in [0.2, 0.25) is 0 Å². The fraction of sp³-hybridized carbons (Fsp3) is 0.364. The maximum absolute atomic E-state index is 4.64. The molecule has 0 spiro atoms. The summed E-state index contributed by atoms with van der Waals surface area (Å²) in [6.45, 7) is 11.3. The second-order valence-electron chi connectivity index (χ2n) is 8.87. The van der Waals surface area contributed by atoms with Crippen molar-refractivity contribution in [1.82, 2.24) is 20.2 Å². The molecule has 0 radical (unpaired) electrons. The van der Waals surface area contributed by atoms with Crippen LogP contribution in [-0.4, -0.2) is 20.2 Å². The molecule has 4 nitrogen and oxygen atoms in total. The van der Waals surface area contributed by atoms with Crippen molar-refractivity contribution in [3.05, 3.63) is 59.5 Å². The van der Waals surface area contributed by atoms with E-state index in [9.17, 15) is 0 Å². The molecule has 0 atom stereocenters. The molecule has 2 N–H and O–H groups in total. The fourth-order valence-corrected chi connectivity index (χ4v) is 3.86. The lowest BCUT2D eigenvalue weighted by Gasteiger charge is -2.25. The maximum atomic E-state index is 4.64. The van der Waals surface area contributed by atoms with Gasteiger partial charge < -0.3 is 4.98 Å². The van der Waals surface area contributed by atoms with Gasteiger partial charge in [0.25, 0.3) is 0 Å². The van der Waals surface area contributed by atoms with Gasteiger partial charge in [-0.25, -0.2) is 4.98 Å². The van der Waals surface area contributed by atoms with Gasteiger partial charge in [0.15, 0.2) is 0 Å². The number of aromatic nitrogens is 4. The smallest absolute Gasteiger partial charge is 0.0932 e. The Morgan fingerprint density at radius 2 is 1.73 bits per heavy atom. The van der Waals surface area contributed by atoms with Crippen LogP contribution < -0.4 is 0 Å². The topological polar surface area (TPSA) is 57.4 Å². The summed E-state index contributed by atoms with van der Waals surface area (Å²) in [4.78, 5) is 7.83. The summed E-state index contributed by atoms with van der Waals surface area (Å²) in [6.07, 6.45) is 2.70. The summed E-state index contributed by atoms with van der Waals surface area (Å²) in [6, 6.07) is 12.9. The molecule has 2 heterocycles. The quantitative estimate of drug-likeness (QED) is 0.532. The molecule has 2 aromatic heterocycles. The van der Waals surface area contributed by atoms with Crippen molar-refractivity contribution < 1.29 is 0 Å². The number of hydrogen-bond acceptors (Lipinski definition) is 2. The minimum atomic E-state index is -0.0809. The first-order valence-corrected chi connectivity index (χ1v) is 9.16. The summed E-state index contributed by atoms with van der Waals surface area (Å²) >= 11 is 0. The summed E-state index contributed by atoms with van der Waals surface area (Å²) in [7, 11) is 0. The fourth-order valence-electron chi connectivity index (χ4n) is 3.86. The zero-order valence-electron chi connectivity index (χ0n) is 16.1. The molecule has 0 saturated heterocycles. The first kappa shape index (κ1) is 16.8. The molecule has 4 heteroatoms. The highest BCUT2D eigenvalue weighted by atomic mass is 15.1. The maximum Gasteiger partial charge on any atom is 0.0932 e. The number of nitrogens with zero attached hydrogens (tertiary/aromatic N) is 2. The van der Waals surface area contributed by atoms with Gasteiger partial charge in [0, 0.05) is 10.8 Å². The van der Waals surface area contributed by atoms with E-state index in [2.05, 4.69) is 85.1 Å². The van der Waals surface area contributed by atoms with Crippen LogP contribution in [0.3, 0.4) is 0 Å². The average Bonchev–Trinajstić information content (AvgIpc) is 3.19. The molecule has 0 saturated carbocycles. The van der Waals surface area contributed by atoms with Gasteiger partial charge in [-0.1, -0.05) is 58.9 Å². The highest BCUT2D eigenvalue weighted by Gasteiger charge is 2.28. The Bertz CT molecular complexity index is 1080. The van der Waals surface area contributed by atoms with Crippen LogP contribution >= 0.6 is 0 Å². The van der Waals surface area contributed by atoms with Crippen molar-refractivity contribution >= 4 is 21.9 Å². The second-order valence-corrected chi connectivity index (χ2v) is 8.87. The lowest BCUT2D eigenvalue weighted by molar-refractivity contribution is 0.507. The lowest BCUT2D eigenvalue weighted by Crippen LogP contribution is -2.22. The molecule has 0 amide bonds. The van der Waals surface area contributed by atoms with Gasteiger partial charge in [-0.05, 0) is 35.1 Å². The Hall–Kier alpha value is -2.62. The Morgan fingerprint density at radius 1 is 0.962 bits per heavy atom. The number of benzene rings is 2. The van der Waals surface area contributed by atoms with Gasteiger partial charge in [-0.15, -0.1) is 0 Å². The molecule has 4 aromatic rings.